The Bertz CT molecular complexity index is 464. The second kappa shape index (κ2) is 5.86. The molecule has 0 amide bonds. The second-order valence-corrected chi connectivity index (χ2v) is 4.97. The van der Waals surface area contributed by atoms with Gasteiger partial charge in [-0.3, -0.25) is 10.1 Å². The molecule has 0 bridgehead atoms. The van der Waals surface area contributed by atoms with Gasteiger partial charge >= 0.3 is 0 Å². The van der Waals surface area contributed by atoms with Crippen molar-refractivity contribution >= 4 is 17.3 Å². The normalized spacial score (nSPS) is 19.9. The van der Waals surface area contributed by atoms with Crippen LogP contribution in [0.5, 0.6) is 0 Å². The highest BCUT2D eigenvalue weighted by atomic mass is 16.6. The van der Waals surface area contributed by atoms with Crippen molar-refractivity contribution in [3.05, 3.63) is 22.2 Å². The Morgan fingerprint density at radius 3 is 2.89 bits per heavy atom. The SMILES string of the molecule is CNc1cc([N+](=O)[O-])cc(N2CCCCCC2C)n1. The fourth-order valence-corrected chi connectivity index (χ4v) is 2.50. The third-order valence-corrected chi connectivity index (χ3v) is 3.61. The highest BCUT2D eigenvalue weighted by molar-refractivity contribution is 5.56. The molecule has 1 N–H and O–H groups in total. The number of anilines is 2. The molecule has 1 aliphatic heterocycles. The van der Waals surface area contributed by atoms with Crippen molar-refractivity contribution in [3.63, 3.8) is 0 Å². The molecule has 2 rings (SSSR count). The average molecular weight is 264 g/mol. The Morgan fingerprint density at radius 2 is 2.21 bits per heavy atom. The smallest absolute Gasteiger partial charge is 0.276 e. The van der Waals surface area contributed by atoms with Crippen molar-refractivity contribution in [1.29, 1.82) is 0 Å². The molecule has 1 saturated heterocycles. The lowest BCUT2D eigenvalue weighted by Gasteiger charge is -2.28. The van der Waals surface area contributed by atoms with Gasteiger partial charge in [-0.15, -0.1) is 0 Å². The first-order valence-electron chi connectivity index (χ1n) is 6.72. The third-order valence-electron chi connectivity index (χ3n) is 3.61. The topological polar surface area (TPSA) is 71.3 Å². The summed E-state index contributed by atoms with van der Waals surface area (Å²) in [4.78, 5) is 17.3. The van der Waals surface area contributed by atoms with Gasteiger partial charge in [-0.05, 0) is 19.8 Å². The largest absolute Gasteiger partial charge is 0.373 e. The van der Waals surface area contributed by atoms with E-state index in [0.29, 0.717) is 17.7 Å². The number of pyridine rings is 1. The van der Waals surface area contributed by atoms with Crippen LogP contribution in [0.4, 0.5) is 17.3 Å². The average Bonchev–Trinajstić information content (AvgIpc) is 2.62. The van der Waals surface area contributed by atoms with Crippen molar-refractivity contribution in [3.8, 4) is 0 Å². The summed E-state index contributed by atoms with van der Waals surface area (Å²) in [5.41, 5.74) is 0.0887. The zero-order valence-electron chi connectivity index (χ0n) is 11.4. The molecule has 104 valence electrons. The maximum atomic E-state index is 11.0. The minimum absolute atomic E-state index is 0.0887. The Morgan fingerprint density at radius 1 is 1.42 bits per heavy atom. The summed E-state index contributed by atoms with van der Waals surface area (Å²) < 4.78 is 0. The molecule has 2 heterocycles. The molecule has 0 aromatic carbocycles. The molecule has 1 aliphatic rings. The second-order valence-electron chi connectivity index (χ2n) is 4.97. The van der Waals surface area contributed by atoms with Crippen molar-refractivity contribution < 1.29 is 4.92 Å². The predicted molar refractivity (Wildman–Crippen MR) is 75.7 cm³/mol. The van der Waals surface area contributed by atoms with Crippen LogP contribution in [0.3, 0.4) is 0 Å². The van der Waals surface area contributed by atoms with Gasteiger partial charge < -0.3 is 10.2 Å². The maximum absolute atomic E-state index is 11.0. The lowest BCUT2D eigenvalue weighted by atomic mass is 10.1. The van der Waals surface area contributed by atoms with E-state index in [1.165, 1.54) is 18.9 Å². The number of nitrogens with one attached hydrogen (secondary N) is 1. The van der Waals surface area contributed by atoms with E-state index in [1.807, 2.05) is 0 Å². The molecule has 6 heteroatoms. The zero-order valence-corrected chi connectivity index (χ0v) is 11.4. The molecule has 1 unspecified atom stereocenters. The highest BCUT2D eigenvalue weighted by Crippen LogP contribution is 2.27. The molecule has 0 aliphatic carbocycles. The summed E-state index contributed by atoms with van der Waals surface area (Å²) in [6.45, 7) is 3.07. The first-order valence-corrected chi connectivity index (χ1v) is 6.72. The summed E-state index contributed by atoms with van der Waals surface area (Å²) >= 11 is 0. The van der Waals surface area contributed by atoms with Crippen LogP contribution < -0.4 is 10.2 Å². The van der Waals surface area contributed by atoms with Crippen molar-refractivity contribution in [1.82, 2.24) is 4.98 Å². The summed E-state index contributed by atoms with van der Waals surface area (Å²) in [5, 5.41) is 13.9. The third kappa shape index (κ3) is 3.13. The molecular formula is C13H20N4O2. The van der Waals surface area contributed by atoms with E-state index >= 15 is 0 Å². The monoisotopic (exact) mass is 264 g/mol. The van der Waals surface area contributed by atoms with Crippen LogP contribution in [-0.4, -0.2) is 29.5 Å². The van der Waals surface area contributed by atoms with Crippen molar-refractivity contribution in [2.45, 2.75) is 38.6 Å². The van der Waals surface area contributed by atoms with E-state index in [-0.39, 0.29) is 10.6 Å². The Labute approximate surface area is 113 Å². The molecule has 1 fully saturated rings. The number of rotatable bonds is 3. The van der Waals surface area contributed by atoms with Gasteiger partial charge in [0, 0.05) is 19.6 Å². The van der Waals surface area contributed by atoms with Gasteiger partial charge in [0.1, 0.15) is 11.6 Å². The van der Waals surface area contributed by atoms with Crippen LogP contribution in [0, 0.1) is 10.1 Å². The Balaban J connectivity index is 2.36. The molecule has 6 nitrogen and oxygen atoms in total. The zero-order chi connectivity index (χ0) is 13.8. The van der Waals surface area contributed by atoms with Crippen LogP contribution in [0.25, 0.3) is 0 Å². The lowest BCUT2D eigenvalue weighted by molar-refractivity contribution is -0.384. The van der Waals surface area contributed by atoms with Gasteiger partial charge in [-0.25, -0.2) is 4.98 Å². The molecule has 1 aromatic rings. The number of hydrogen-bond acceptors (Lipinski definition) is 5. The molecule has 1 atom stereocenters. The standard InChI is InChI=1S/C13H20N4O2/c1-10-6-4-3-5-7-16(10)13-9-11(17(18)19)8-12(14-2)15-13/h8-10H,3-7H2,1-2H3,(H,14,15). The van der Waals surface area contributed by atoms with E-state index in [0.717, 1.165) is 19.4 Å². The van der Waals surface area contributed by atoms with Gasteiger partial charge in [0.25, 0.3) is 5.69 Å². The van der Waals surface area contributed by atoms with Gasteiger partial charge in [-0.2, -0.15) is 0 Å². The Hall–Kier alpha value is -1.85. The highest BCUT2D eigenvalue weighted by Gasteiger charge is 2.21. The van der Waals surface area contributed by atoms with Crippen LogP contribution >= 0.6 is 0 Å². The van der Waals surface area contributed by atoms with Gasteiger partial charge in [0.05, 0.1) is 17.1 Å². The quantitative estimate of drug-likeness (QED) is 0.671. The number of nitrogens with zero attached hydrogens (tertiary/aromatic N) is 3. The molecule has 0 radical (unpaired) electrons. The van der Waals surface area contributed by atoms with Crippen LogP contribution in [0.1, 0.15) is 32.6 Å². The van der Waals surface area contributed by atoms with Crippen molar-refractivity contribution in [2.75, 3.05) is 23.8 Å². The molecule has 1 aromatic heterocycles. The molecular weight excluding hydrogens is 244 g/mol. The number of aromatic nitrogens is 1. The van der Waals surface area contributed by atoms with Crippen LogP contribution in [-0.2, 0) is 0 Å². The summed E-state index contributed by atoms with van der Waals surface area (Å²) in [6.07, 6.45) is 4.66. The maximum Gasteiger partial charge on any atom is 0.276 e. The Kier molecular flexibility index (Phi) is 4.19. The summed E-state index contributed by atoms with van der Waals surface area (Å²) in [6, 6.07) is 3.41. The van der Waals surface area contributed by atoms with Gasteiger partial charge in [0.15, 0.2) is 0 Å². The molecule has 19 heavy (non-hydrogen) atoms. The van der Waals surface area contributed by atoms with E-state index in [4.69, 9.17) is 0 Å². The van der Waals surface area contributed by atoms with E-state index < -0.39 is 0 Å². The lowest BCUT2D eigenvalue weighted by Crippen LogP contribution is -2.33. The van der Waals surface area contributed by atoms with Crippen molar-refractivity contribution in [2.24, 2.45) is 0 Å². The van der Waals surface area contributed by atoms with E-state index in [1.54, 1.807) is 13.1 Å². The minimum atomic E-state index is -0.367. The number of hydrogen-bond donors (Lipinski definition) is 1. The van der Waals surface area contributed by atoms with E-state index in [9.17, 15) is 10.1 Å². The molecule has 0 saturated carbocycles. The van der Waals surface area contributed by atoms with Crippen LogP contribution in [0.2, 0.25) is 0 Å². The fourth-order valence-electron chi connectivity index (χ4n) is 2.50. The summed E-state index contributed by atoms with van der Waals surface area (Å²) in [5.74, 6) is 1.24. The first kappa shape index (κ1) is 13.6. The van der Waals surface area contributed by atoms with Crippen LogP contribution in [0.15, 0.2) is 12.1 Å². The minimum Gasteiger partial charge on any atom is -0.373 e. The first-order chi connectivity index (χ1) is 9.11. The van der Waals surface area contributed by atoms with Gasteiger partial charge in [-0.1, -0.05) is 12.8 Å². The van der Waals surface area contributed by atoms with E-state index in [2.05, 4.69) is 22.1 Å². The predicted octanol–water partition coefficient (Wildman–Crippen LogP) is 2.80. The van der Waals surface area contributed by atoms with Gasteiger partial charge in [0.2, 0.25) is 0 Å². The molecule has 0 spiro atoms. The number of nitro groups is 1. The summed E-state index contributed by atoms with van der Waals surface area (Å²) in [7, 11) is 1.72. The fraction of sp³-hybridized carbons (Fsp3) is 0.615.